The van der Waals surface area contributed by atoms with E-state index in [1.54, 1.807) is 6.07 Å². The minimum Gasteiger partial charge on any atom is -0.396 e. The Morgan fingerprint density at radius 2 is 2.40 bits per heavy atom. The Morgan fingerprint density at radius 1 is 1.70 bits per heavy atom. The lowest BCUT2D eigenvalue weighted by Gasteiger charge is -1.94. The van der Waals surface area contributed by atoms with Crippen LogP contribution in [0.2, 0.25) is 0 Å². The number of nitrogen functional groups attached to an aromatic ring is 1. The van der Waals surface area contributed by atoms with Crippen LogP contribution in [-0.2, 0) is 0 Å². The van der Waals surface area contributed by atoms with Crippen LogP contribution in [0.1, 0.15) is 5.56 Å². The Balaban J connectivity index is 3.25. The molecule has 0 saturated carbocycles. The highest BCUT2D eigenvalue weighted by Crippen LogP contribution is 2.10. The van der Waals surface area contributed by atoms with Crippen LogP contribution in [0.25, 0.3) is 0 Å². The fraction of sp³-hybridized carbons (Fsp3) is 0. The Bertz CT molecular complexity index is 290. The summed E-state index contributed by atoms with van der Waals surface area (Å²) in [6.07, 6.45) is 1.49. The molecule has 0 radical (unpaired) electrons. The standard InChI is InChI=1S/C6H4IN3/c7-6-1-4(2-8)5(9)3-10-6/h1,3H,9H2. The van der Waals surface area contributed by atoms with Gasteiger partial charge in [-0.3, -0.25) is 0 Å². The molecule has 0 bridgehead atoms. The number of anilines is 1. The smallest absolute Gasteiger partial charge is 0.102 e. The van der Waals surface area contributed by atoms with Crippen LogP contribution < -0.4 is 5.73 Å². The van der Waals surface area contributed by atoms with Gasteiger partial charge in [0.25, 0.3) is 0 Å². The van der Waals surface area contributed by atoms with Gasteiger partial charge in [0.1, 0.15) is 9.77 Å². The largest absolute Gasteiger partial charge is 0.396 e. The lowest BCUT2D eigenvalue weighted by atomic mass is 10.2. The van der Waals surface area contributed by atoms with Crippen LogP contribution in [0.4, 0.5) is 5.69 Å². The molecule has 2 N–H and O–H groups in total. The highest BCUT2D eigenvalue weighted by Gasteiger charge is 1.97. The first-order valence-corrected chi connectivity index (χ1v) is 3.63. The summed E-state index contributed by atoms with van der Waals surface area (Å²) in [5.41, 5.74) is 6.33. The molecule has 0 saturated heterocycles. The molecule has 1 rings (SSSR count). The van der Waals surface area contributed by atoms with Crippen LogP contribution in [0.5, 0.6) is 0 Å². The van der Waals surface area contributed by atoms with E-state index < -0.39 is 0 Å². The van der Waals surface area contributed by atoms with Crippen LogP contribution in [0.15, 0.2) is 12.3 Å². The Labute approximate surface area is 72.0 Å². The molecule has 0 unspecified atom stereocenters. The van der Waals surface area contributed by atoms with Gasteiger partial charge < -0.3 is 5.73 Å². The van der Waals surface area contributed by atoms with Crippen LogP contribution >= 0.6 is 22.6 Å². The Morgan fingerprint density at radius 3 is 2.90 bits per heavy atom. The molecule has 4 heteroatoms. The van der Waals surface area contributed by atoms with Gasteiger partial charge in [-0.2, -0.15) is 5.26 Å². The second-order valence-electron chi connectivity index (χ2n) is 1.71. The van der Waals surface area contributed by atoms with E-state index in [-0.39, 0.29) is 0 Å². The molecule has 0 amide bonds. The summed E-state index contributed by atoms with van der Waals surface area (Å²) < 4.78 is 0.781. The first kappa shape index (κ1) is 7.28. The van der Waals surface area contributed by atoms with Gasteiger partial charge in [0, 0.05) is 0 Å². The fourth-order valence-corrected chi connectivity index (χ4v) is 0.988. The van der Waals surface area contributed by atoms with E-state index in [2.05, 4.69) is 4.98 Å². The molecule has 0 aliphatic heterocycles. The number of hydrogen-bond donors (Lipinski definition) is 1. The molecule has 1 aromatic heterocycles. The van der Waals surface area contributed by atoms with Gasteiger partial charge in [-0.1, -0.05) is 0 Å². The van der Waals surface area contributed by atoms with Gasteiger partial charge in [0.15, 0.2) is 0 Å². The quantitative estimate of drug-likeness (QED) is 0.550. The van der Waals surface area contributed by atoms with Gasteiger partial charge >= 0.3 is 0 Å². The minimum absolute atomic E-state index is 0.433. The predicted molar refractivity (Wildman–Crippen MR) is 46.1 cm³/mol. The summed E-state index contributed by atoms with van der Waals surface area (Å²) >= 11 is 2.03. The summed E-state index contributed by atoms with van der Waals surface area (Å²) in [6.45, 7) is 0. The normalized spacial score (nSPS) is 8.80. The van der Waals surface area contributed by atoms with Crippen molar-refractivity contribution in [1.29, 1.82) is 5.26 Å². The van der Waals surface area contributed by atoms with Crippen molar-refractivity contribution in [3.63, 3.8) is 0 Å². The van der Waals surface area contributed by atoms with Crippen molar-refractivity contribution in [1.82, 2.24) is 4.98 Å². The first-order valence-electron chi connectivity index (χ1n) is 2.55. The molecule has 0 fully saturated rings. The first-order chi connectivity index (χ1) is 4.74. The lowest BCUT2D eigenvalue weighted by molar-refractivity contribution is 1.26. The van der Waals surface area contributed by atoms with E-state index in [9.17, 15) is 0 Å². The fourth-order valence-electron chi connectivity index (χ4n) is 0.537. The van der Waals surface area contributed by atoms with E-state index in [1.165, 1.54) is 6.20 Å². The number of nitrogens with zero attached hydrogens (tertiary/aromatic N) is 2. The van der Waals surface area contributed by atoms with E-state index in [4.69, 9.17) is 11.0 Å². The van der Waals surface area contributed by atoms with Gasteiger partial charge in [0.05, 0.1) is 17.4 Å². The van der Waals surface area contributed by atoms with E-state index in [0.29, 0.717) is 11.3 Å². The number of nitriles is 1. The number of pyridine rings is 1. The molecule has 50 valence electrons. The molecular formula is C6H4IN3. The van der Waals surface area contributed by atoms with Crippen LogP contribution in [-0.4, -0.2) is 4.98 Å². The SMILES string of the molecule is N#Cc1cc(I)ncc1N. The van der Waals surface area contributed by atoms with Gasteiger partial charge in [-0.25, -0.2) is 4.98 Å². The zero-order chi connectivity index (χ0) is 7.56. The van der Waals surface area contributed by atoms with Crippen molar-refractivity contribution in [2.24, 2.45) is 0 Å². The van der Waals surface area contributed by atoms with E-state index in [1.807, 2.05) is 28.7 Å². The molecule has 0 atom stereocenters. The maximum Gasteiger partial charge on any atom is 0.102 e. The van der Waals surface area contributed by atoms with Crippen molar-refractivity contribution in [3.8, 4) is 6.07 Å². The van der Waals surface area contributed by atoms with Crippen molar-refractivity contribution in [3.05, 3.63) is 21.5 Å². The summed E-state index contributed by atoms with van der Waals surface area (Å²) in [7, 11) is 0. The zero-order valence-corrected chi connectivity index (χ0v) is 7.16. The van der Waals surface area contributed by atoms with Gasteiger partial charge in [-0.05, 0) is 28.7 Å². The third kappa shape index (κ3) is 1.36. The van der Waals surface area contributed by atoms with Crippen molar-refractivity contribution in [2.45, 2.75) is 0 Å². The summed E-state index contributed by atoms with van der Waals surface area (Å²) in [4.78, 5) is 3.90. The average molecular weight is 245 g/mol. The molecule has 10 heavy (non-hydrogen) atoms. The molecule has 0 spiro atoms. The van der Waals surface area contributed by atoms with Crippen LogP contribution in [0, 0.1) is 15.0 Å². The maximum absolute atomic E-state index is 8.48. The third-order valence-corrected chi connectivity index (χ3v) is 1.61. The number of aromatic nitrogens is 1. The lowest BCUT2D eigenvalue weighted by Crippen LogP contribution is -1.92. The number of hydrogen-bond acceptors (Lipinski definition) is 3. The molecule has 0 aliphatic rings. The minimum atomic E-state index is 0.433. The highest BCUT2D eigenvalue weighted by molar-refractivity contribution is 14.1. The molecular weight excluding hydrogens is 241 g/mol. The Kier molecular flexibility index (Phi) is 2.06. The second kappa shape index (κ2) is 2.84. The van der Waals surface area contributed by atoms with Gasteiger partial charge in [-0.15, -0.1) is 0 Å². The third-order valence-electron chi connectivity index (χ3n) is 1.02. The molecule has 3 nitrogen and oxygen atoms in total. The summed E-state index contributed by atoms with van der Waals surface area (Å²) in [5.74, 6) is 0. The summed E-state index contributed by atoms with van der Waals surface area (Å²) in [6, 6.07) is 3.61. The Hall–Kier alpha value is -0.830. The van der Waals surface area contributed by atoms with E-state index in [0.717, 1.165) is 3.70 Å². The molecule has 0 aromatic carbocycles. The monoisotopic (exact) mass is 245 g/mol. The summed E-state index contributed by atoms with van der Waals surface area (Å²) in [5, 5.41) is 8.48. The predicted octanol–water partition coefficient (Wildman–Crippen LogP) is 1.14. The van der Waals surface area contributed by atoms with Crippen LogP contribution in [0.3, 0.4) is 0 Å². The zero-order valence-electron chi connectivity index (χ0n) is 5.00. The molecule has 1 heterocycles. The average Bonchev–Trinajstić information content (AvgIpc) is 1.94. The van der Waals surface area contributed by atoms with Gasteiger partial charge in [0.2, 0.25) is 0 Å². The van der Waals surface area contributed by atoms with Crippen molar-refractivity contribution < 1.29 is 0 Å². The highest BCUT2D eigenvalue weighted by atomic mass is 127. The number of halogens is 1. The number of nitrogens with two attached hydrogens (primary N) is 1. The van der Waals surface area contributed by atoms with E-state index >= 15 is 0 Å². The second-order valence-corrected chi connectivity index (χ2v) is 2.81. The number of rotatable bonds is 0. The molecule has 0 aliphatic carbocycles. The maximum atomic E-state index is 8.48. The van der Waals surface area contributed by atoms with Crippen molar-refractivity contribution >= 4 is 28.3 Å². The molecule has 1 aromatic rings. The van der Waals surface area contributed by atoms with Crippen molar-refractivity contribution in [2.75, 3.05) is 5.73 Å². The topological polar surface area (TPSA) is 62.7 Å².